The summed E-state index contributed by atoms with van der Waals surface area (Å²) in [7, 11) is 0. The number of hydrogen-bond acceptors (Lipinski definition) is 3. The normalized spacial score (nSPS) is 23.8. The van der Waals surface area contributed by atoms with Crippen LogP contribution in [-0.4, -0.2) is 30.1 Å². The molecule has 18 heavy (non-hydrogen) atoms. The van der Waals surface area contributed by atoms with Crippen molar-refractivity contribution in [3.8, 4) is 0 Å². The number of hydrogen-bond donors (Lipinski definition) is 1. The summed E-state index contributed by atoms with van der Waals surface area (Å²) in [5.74, 6) is 0.443. The maximum absolute atomic E-state index is 11.9. The monoisotopic (exact) mass is 248 g/mol. The van der Waals surface area contributed by atoms with Gasteiger partial charge in [0.1, 0.15) is 6.61 Å². The van der Waals surface area contributed by atoms with Crippen LogP contribution in [0.3, 0.4) is 0 Å². The predicted molar refractivity (Wildman–Crippen MR) is 70.0 cm³/mol. The van der Waals surface area contributed by atoms with E-state index >= 15 is 0 Å². The number of nitrogens with zero attached hydrogens (tertiary/aromatic N) is 1. The van der Waals surface area contributed by atoms with E-state index < -0.39 is 0 Å². The number of nitrogens with two attached hydrogens (primary N) is 1. The number of carbonyl (C=O) groups excluding carboxylic acids is 1. The third kappa shape index (κ3) is 3.47. The molecule has 2 rings (SSSR count). The van der Waals surface area contributed by atoms with Gasteiger partial charge in [-0.1, -0.05) is 37.3 Å². The summed E-state index contributed by atoms with van der Waals surface area (Å²) in [6.07, 6.45) is 0.712. The van der Waals surface area contributed by atoms with E-state index in [0.29, 0.717) is 19.1 Å². The molecule has 98 valence electrons. The summed E-state index contributed by atoms with van der Waals surface area (Å²) < 4.78 is 5.30. The Bertz CT molecular complexity index is 384. The first kappa shape index (κ1) is 12.9. The fourth-order valence-electron chi connectivity index (χ4n) is 2.36. The van der Waals surface area contributed by atoms with E-state index in [1.54, 1.807) is 4.90 Å². The molecule has 1 aromatic carbocycles. The molecule has 0 saturated carbocycles. The Hall–Kier alpha value is -1.55. The van der Waals surface area contributed by atoms with Gasteiger partial charge in [-0.05, 0) is 17.9 Å². The highest BCUT2D eigenvalue weighted by Crippen LogP contribution is 2.16. The van der Waals surface area contributed by atoms with Crippen LogP contribution >= 0.6 is 0 Å². The van der Waals surface area contributed by atoms with Gasteiger partial charge in [0.25, 0.3) is 0 Å². The molecule has 1 aromatic rings. The minimum absolute atomic E-state index is 0.0676. The summed E-state index contributed by atoms with van der Waals surface area (Å²) >= 11 is 0. The van der Waals surface area contributed by atoms with Gasteiger partial charge in [-0.2, -0.15) is 0 Å². The Morgan fingerprint density at radius 3 is 2.78 bits per heavy atom. The van der Waals surface area contributed by atoms with Gasteiger partial charge in [-0.25, -0.2) is 4.79 Å². The third-order valence-electron chi connectivity index (χ3n) is 3.16. The minimum Gasteiger partial charge on any atom is -0.445 e. The summed E-state index contributed by atoms with van der Waals surface area (Å²) in [6, 6.07) is 9.76. The Morgan fingerprint density at radius 1 is 1.39 bits per heavy atom. The first-order valence-electron chi connectivity index (χ1n) is 6.36. The summed E-state index contributed by atoms with van der Waals surface area (Å²) in [5, 5.41) is 0. The van der Waals surface area contributed by atoms with Crippen LogP contribution in [0.2, 0.25) is 0 Å². The van der Waals surface area contributed by atoms with Gasteiger partial charge in [-0.3, -0.25) is 0 Å². The van der Waals surface area contributed by atoms with Crippen molar-refractivity contribution in [1.82, 2.24) is 4.90 Å². The predicted octanol–water partition coefficient (Wildman–Crippen LogP) is 1.99. The number of carbonyl (C=O) groups is 1. The van der Waals surface area contributed by atoms with Crippen molar-refractivity contribution in [2.24, 2.45) is 11.7 Å². The highest BCUT2D eigenvalue weighted by molar-refractivity contribution is 5.67. The maximum atomic E-state index is 11.9. The second-order valence-electron chi connectivity index (χ2n) is 5.05. The van der Waals surface area contributed by atoms with Crippen LogP contribution in [0.4, 0.5) is 4.79 Å². The molecule has 0 radical (unpaired) electrons. The molecule has 1 fully saturated rings. The molecule has 2 N–H and O–H groups in total. The fraction of sp³-hybridized carbons (Fsp3) is 0.500. The molecule has 0 bridgehead atoms. The Morgan fingerprint density at radius 2 is 2.11 bits per heavy atom. The van der Waals surface area contributed by atoms with Crippen LogP contribution in [0, 0.1) is 5.92 Å². The second kappa shape index (κ2) is 5.87. The largest absolute Gasteiger partial charge is 0.445 e. The average molecular weight is 248 g/mol. The highest BCUT2D eigenvalue weighted by atomic mass is 16.6. The first-order valence-corrected chi connectivity index (χ1v) is 6.36. The number of likely N-dealkylation sites (tertiary alicyclic amines) is 1. The number of ether oxygens (including phenoxy) is 1. The van der Waals surface area contributed by atoms with Crippen LogP contribution in [0.5, 0.6) is 0 Å². The Labute approximate surface area is 108 Å². The third-order valence-corrected chi connectivity index (χ3v) is 3.16. The van der Waals surface area contributed by atoms with Crippen molar-refractivity contribution in [2.75, 3.05) is 13.1 Å². The van der Waals surface area contributed by atoms with Gasteiger partial charge in [-0.15, -0.1) is 0 Å². The Balaban J connectivity index is 1.84. The molecule has 2 atom stereocenters. The van der Waals surface area contributed by atoms with Gasteiger partial charge >= 0.3 is 6.09 Å². The lowest BCUT2D eigenvalue weighted by atomic mass is 9.97. The zero-order valence-corrected chi connectivity index (χ0v) is 10.7. The first-order chi connectivity index (χ1) is 8.65. The zero-order valence-electron chi connectivity index (χ0n) is 10.7. The van der Waals surface area contributed by atoms with Crippen LogP contribution in [0.25, 0.3) is 0 Å². The SMILES string of the molecule is C[C@@H]1C[C@@H](N)CN(C(=O)OCc2ccccc2)C1. The van der Waals surface area contributed by atoms with E-state index in [0.717, 1.165) is 18.5 Å². The molecule has 1 saturated heterocycles. The second-order valence-corrected chi connectivity index (χ2v) is 5.05. The molecule has 1 aliphatic rings. The van der Waals surface area contributed by atoms with Crippen molar-refractivity contribution in [3.05, 3.63) is 35.9 Å². The van der Waals surface area contributed by atoms with Crippen LogP contribution in [0.1, 0.15) is 18.9 Å². The van der Waals surface area contributed by atoms with Crippen molar-refractivity contribution >= 4 is 6.09 Å². The molecule has 0 aromatic heterocycles. The standard InChI is InChI=1S/C14H20N2O2/c1-11-7-13(15)9-16(8-11)14(17)18-10-12-5-3-2-4-6-12/h2-6,11,13H,7-10,15H2,1H3/t11-,13-/m1/s1. The number of amides is 1. The lowest BCUT2D eigenvalue weighted by Gasteiger charge is -2.33. The number of rotatable bonds is 2. The minimum atomic E-state index is -0.263. The maximum Gasteiger partial charge on any atom is 0.410 e. The molecule has 0 unspecified atom stereocenters. The highest BCUT2D eigenvalue weighted by Gasteiger charge is 2.26. The average Bonchev–Trinajstić information content (AvgIpc) is 2.36. The molecule has 0 aliphatic carbocycles. The van der Waals surface area contributed by atoms with E-state index in [9.17, 15) is 4.79 Å². The van der Waals surface area contributed by atoms with Crippen molar-refractivity contribution < 1.29 is 9.53 Å². The van der Waals surface area contributed by atoms with E-state index in [2.05, 4.69) is 6.92 Å². The zero-order chi connectivity index (χ0) is 13.0. The van der Waals surface area contributed by atoms with Gasteiger partial charge in [0, 0.05) is 19.1 Å². The van der Waals surface area contributed by atoms with Gasteiger partial charge in [0.2, 0.25) is 0 Å². The molecule has 1 heterocycles. The van der Waals surface area contributed by atoms with Crippen molar-refractivity contribution in [2.45, 2.75) is 26.0 Å². The molecule has 4 heteroatoms. The van der Waals surface area contributed by atoms with Crippen molar-refractivity contribution in [1.29, 1.82) is 0 Å². The lowest BCUT2D eigenvalue weighted by Crippen LogP contribution is -2.48. The van der Waals surface area contributed by atoms with Crippen molar-refractivity contribution in [3.63, 3.8) is 0 Å². The summed E-state index contributed by atoms with van der Waals surface area (Å²) in [5.41, 5.74) is 6.91. The van der Waals surface area contributed by atoms with E-state index in [4.69, 9.17) is 10.5 Å². The van der Waals surface area contributed by atoms with Crippen LogP contribution in [-0.2, 0) is 11.3 Å². The number of piperidine rings is 1. The fourth-order valence-corrected chi connectivity index (χ4v) is 2.36. The molecule has 4 nitrogen and oxygen atoms in total. The summed E-state index contributed by atoms with van der Waals surface area (Å²) in [4.78, 5) is 13.6. The van der Waals surface area contributed by atoms with E-state index in [1.807, 2.05) is 30.3 Å². The molecule has 1 amide bonds. The van der Waals surface area contributed by atoms with Crippen LogP contribution < -0.4 is 5.73 Å². The topological polar surface area (TPSA) is 55.6 Å². The quantitative estimate of drug-likeness (QED) is 0.870. The molecular formula is C14H20N2O2. The van der Waals surface area contributed by atoms with Gasteiger partial charge < -0.3 is 15.4 Å². The summed E-state index contributed by atoms with van der Waals surface area (Å²) in [6.45, 7) is 3.76. The van der Waals surface area contributed by atoms with E-state index in [1.165, 1.54) is 0 Å². The smallest absolute Gasteiger partial charge is 0.410 e. The lowest BCUT2D eigenvalue weighted by molar-refractivity contribution is 0.0767. The molecule has 1 aliphatic heterocycles. The number of benzene rings is 1. The Kier molecular flexibility index (Phi) is 4.20. The van der Waals surface area contributed by atoms with Crippen LogP contribution in [0.15, 0.2) is 30.3 Å². The van der Waals surface area contributed by atoms with E-state index in [-0.39, 0.29) is 12.1 Å². The molecular weight excluding hydrogens is 228 g/mol. The van der Waals surface area contributed by atoms with Gasteiger partial charge in [0.05, 0.1) is 0 Å². The van der Waals surface area contributed by atoms with Gasteiger partial charge in [0.15, 0.2) is 0 Å². The molecule has 0 spiro atoms.